The quantitative estimate of drug-likeness (QED) is 0.491. The van der Waals surface area contributed by atoms with Crippen molar-refractivity contribution in [3.63, 3.8) is 0 Å². The molecule has 0 aromatic rings. The van der Waals surface area contributed by atoms with Crippen LogP contribution < -0.4 is 5.73 Å². The van der Waals surface area contributed by atoms with Crippen molar-refractivity contribution in [1.29, 1.82) is 0 Å². The van der Waals surface area contributed by atoms with Crippen LogP contribution in [0.1, 0.15) is 27.7 Å². The molecule has 3 atom stereocenters. The van der Waals surface area contributed by atoms with Crippen LogP contribution in [0.15, 0.2) is 42.3 Å². The predicted molar refractivity (Wildman–Crippen MR) is 105 cm³/mol. The Balaban J connectivity index is 2.45. The van der Waals surface area contributed by atoms with Crippen molar-refractivity contribution in [2.24, 2.45) is 22.6 Å². The smallest absolute Gasteiger partial charge is 0.331 e. The highest BCUT2D eigenvalue weighted by Crippen LogP contribution is 2.48. The monoisotopic (exact) mass is 427 g/mol. The van der Waals surface area contributed by atoms with Crippen LogP contribution in [0.3, 0.4) is 0 Å². The summed E-state index contributed by atoms with van der Waals surface area (Å²) in [5.41, 5.74) is 3.58. The molecule has 2 rings (SSSR count). The van der Waals surface area contributed by atoms with E-state index in [1.54, 1.807) is 13.8 Å². The summed E-state index contributed by atoms with van der Waals surface area (Å²) < 4.78 is 47.0. The van der Waals surface area contributed by atoms with Gasteiger partial charge in [-0.05, 0) is 6.08 Å². The second-order valence-corrected chi connectivity index (χ2v) is 7.71. The van der Waals surface area contributed by atoms with Crippen LogP contribution in [0.4, 0.5) is 8.78 Å². The summed E-state index contributed by atoms with van der Waals surface area (Å²) in [5.74, 6) is -6.40. The third-order valence-electron chi connectivity index (χ3n) is 4.63. The first-order valence-corrected chi connectivity index (χ1v) is 9.41. The minimum atomic E-state index is -3.74. The number of nitrogens with zero attached hydrogens (tertiary/aromatic N) is 2. The number of hydrogen-bond donors (Lipinski definition) is 1. The summed E-state index contributed by atoms with van der Waals surface area (Å²) in [6.07, 6.45) is -0.466. The van der Waals surface area contributed by atoms with Crippen molar-refractivity contribution < 1.29 is 32.6 Å². The lowest BCUT2D eigenvalue weighted by atomic mass is 9.94. The maximum Gasteiger partial charge on any atom is 0.331 e. The van der Waals surface area contributed by atoms with Crippen LogP contribution in [-0.4, -0.2) is 53.1 Å². The number of carbonyl (C=O) groups is 2. The first-order valence-electron chi connectivity index (χ1n) is 9.41. The minimum absolute atomic E-state index is 0.0844. The van der Waals surface area contributed by atoms with E-state index < -0.39 is 54.2 Å². The molecule has 166 valence electrons. The van der Waals surface area contributed by atoms with Gasteiger partial charge in [0, 0.05) is 6.20 Å². The summed E-state index contributed by atoms with van der Waals surface area (Å²) in [4.78, 5) is 29.0. The summed E-state index contributed by atoms with van der Waals surface area (Å²) in [5, 5.41) is 0. The fourth-order valence-electron chi connectivity index (χ4n) is 2.85. The summed E-state index contributed by atoms with van der Waals surface area (Å²) in [7, 11) is 0. The zero-order valence-corrected chi connectivity index (χ0v) is 17.4. The number of halogens is 2. The number of hydrogen-bond acceptors (Lipinski definition) is 8. The van der Waals surface area contributed by atoms with Gasteiger partial charge in [-0.3, -0.25) is 9.59 Å². The Kier molecular flexibility index (Phi) is 6.70. The van der Waals surface area contributed by atoms with Gasteiger partial charge in [-0.15, -0.1) is 0 Å². The fourth-order valence-corrected chi connectivity index (χ4v) is 2.85. The van der Waals surface area contributed by atoms with Gasteiger partial charge in [-0.1, -0.05) is 46.9 Å². The van der Waals surface area contributed by atoms with E-state index in [9.17, 15) is 9.59 Å². The number of alkyl halides is 2. The molecule has 0 aliphatic carbocycles. The molecule has 0 bridgehead atoms. The molecule has 0 saturated carbocycles. The predicted octanol–water partition coefficient (Wildman–Crippen LogP) is 2.33. The van der Waals surface area contributed by atoms with Gasteiger partial charge in [-0.2, -0.15) is 8.78 Å². The minimum Gasteiger partial charge on any atom is -0.462 e. The summed E-state index contributed by atoms with van der Waals surface area (Å²) >= 11 is 0. The number of amidine groups is 1. The van der Waals surface area contributed by atoms with Gasteiger partial charge in [-0.25, -0.2) is 4.99 Å². The molecule has 2 N–H and O–H groups in total. The van der Waals surface area contributed by atoms with Gasteiger partial charge in [0.2, 0.25) is 12.3 Å². The molecule has 0 aromatic carbocycles. The first kappa shape index (κ1) is 23.5. The number of rotatable bonds is 7. The van der Waals surface area contributed by atoms with Crippen LogP contribution in [0, 0.1) is 11.8 Å². The number of esters is 2. The lowest BCUT2D eigenvalue weighted by molar-refractivity contribution is -0.183. The molecule has 30 heavy (non-hydrogen) atoms. The Bertz CT molecular complexity index is 793. The molecule has 2 heterocycles. The molecule has 2 aliphatic heterocycles. The molecule has 0 radical (unpaired) electrons. The lowest BCUT2D eigenvalue weighted by Gasteiger charge is -2.32. The molecule has 0 aromatic heterocycles. The molecule has 0 unspecified atom stereocenters. The lowest BCUT2D eigenvalue weighted by Crippen LogP contribution is -2.52. The largest absolute Gasteiger partial charge is 0.462 e. The molecule has 1 fully saturated rings. The van der Waals surface area contributed by atoms with Crippen molar-refractivity contribution in [3.8, 4) is 0 Å². The Hall–Kier alpha value is -2.75. The second-order valence-electron chi connectivity index (χ2n) is 7.71. The van der Waals surface area contributed by atoms with Crippen LogP contribution in [0.5, 0.6) is 0 Å². The van der Waals surface area contributed by atoms with E-state index in [1.807, 2.05) is 0 Å². The van der Waals surface area contributed by atoms with Crippen LogP contribution in [0.25, 0.3) is 0 Å². The third-order valence-corrected chi connectivity index (χ3v) is 4.63. The standard InChI is InChI=1S/C20H27F2N3O5/c1-7-19(10-28-15(26)11(2)3)17(29-16(27)12(4)5)20(21,22)18(30-19)25-9-8-14(23)24-13(25)6/h7-9,11-12,17-18H,1,6,10H2,2-5H3,(H2,23,24)/t17-,18-,19-/m1/s1. The molecular formula is C20H27F2N3O5. The molecule has 0 amide bonds. The van der Waals surface area contributed by atoms with E-state index in [0.717, 1.165) is 11.0 Å². The van der Waals surface area contributed by atoms with E-state index in [-0.39, 0.29) is 11.7 Å². The van der Waals surface area contributed by atoms with E-state index in [1.165, 1.54) is 26.1 Å². The van der Waals surface area contributed by atoms with E-state index in [4.69, 9.17) is 19.9 Å². The van der Waals surface area contributed by atoms with Crippen molar-refractivity contribution >= 4 is 17.8 Å². The van der Waals surface area contributed by atoms with E-state index in [2.05, 4.69) is 18.2 Å². The fraction of sp³-hybridized carbons (Fsp3) is 0.550. The summed E-state index contributed by atoms with van der Waals surface area (Å²) in [6.45, 7) is 12.8. The molecule has 0 spiro atoms. The topological polar surface area (TPSA) is 103 Å². The van der Waals surface area contributed by atoms with Gasteiger partial charge in [0.25, 0.3) is 0 Å². The Morgan fingerprint density at radius 2 is 1.93 bits per heavy atom. The van der Waals surface area contributed by atoms with E-state index >= 15 is 8.78 Å². The molecular weight excluding hydrogens is 400 g/mol. The van der Waals surface area contributed by atoms with Crippen molar-refractivity contribution in [3.05, 3.63) is 37.3 Å². The molecule has 8 nitrogen and oxygen atoms in total. The maximum atomic E-state index is 15.5. The van der Waals surface area contributed by atoms with Crippen molar-refractivity contribution in [1.82, 2.24) is 4.90 Å². The van der Waals surface area contributed by atoms with Crippen LogP contribution in [0.2, 0.25) is 0 Å². The average molecular weight is 427 g/mol. The number of ether oxygens (including phenoxy) is 3. The average Bonchev–Trinajstić information content (AvgIpc) is 2.87. The molecule has 1 saturated heterocycles. The van der Waals surface area contributed by atoms with Gasteiger partial charge >= 0.3 is 17.9 Å². The third kappa shape index (κ3) is 4.38. The van der Waals surface area contributed by atoms with Crippen molar-refractivity contribution in [2.45, 2.75) is 51.6 Å². The zero-order valence-electron chi connectivity index (χ0n) is 17.4. The SMILES string of the molecule is C=C[C@]1(COC(=O)C(C)C)O[C@@H](N2C=CC(N)=NC2=C)C(F)(F)[C@@H]1OC(=O)C(C)C. The number of carbonyl (C=O) groups excluding carboxylic acids is 2. The highest BCUT2D eigenvalue weighted by molar-refractivity contribution is 5.92. The van der Waals surface area contributed by atoms with Gasteiger partial charge in [0.1, 0.15) is 18.3 Å². The highest BCUT2D eigenvalue weighted by atomic mass is 19.3. The highest BCUT2D eigenvalue weighted by Gasteiger charge is 2.70. The molecule has 10 heteroatoms. The Morgan fingerprint density at radius 1 is 1.33 bits per heavy atom. The van der Waals surface area contributed by atoms with Gasteiger partial charge < -0.3 is 24.8 Å². The van der Waals surface area contributed by atoms with Crippen LogP contribution >= 0.6 is 0 Å². The second kappa shape index (κ2) is 8.55. The number of nitrogens with two attached hydrogens (primary N) is 1. The van der Waals surface area contributed by atoms with Crippen LogP contribution in [-0.2, 0) is 23.8 Å². The van der Waals surface area contributed by atoms with Gasteiger partial charge in [0.15, 0.2) is 5.60 Å². The maximum absolute atomic E-state index is 15.5. The zero-order chi connectivity index (χ0) is 22.9. The Labute approximate surface area is 174 Å². The normalized spacial score (nSPS) is 27.9. The number of aliphatic imine (C=N–C) groups is 1. The Morgan fingerprint density at radius 3 is 2.43 bits per heavy atom. The van der Waals surface area contributed by atoms with E-state index in [0.29, 0.717) is 0 Å². The van der Waals surface area contributed by atoms with Crippen molar-refractivity contribution in [2.75, 3.05) is 6.61 Å². The summed E-state index contributed by atoms with van der Waals surface area (Å²) in [6, 6.07) is 0. The first-order chi connectivity index (χ1) is 13.9. The van der Waals surface area contributed by atoms with Gasteiger partial charge in [0.05, 0.1) is 11.8 Å². The molecule has 2 aliphatic rings.